The quantitative estimate of drug-likeness (QED) is 0.382. The van der Waals surface area contributed by atoms with E-state index in [0.717, 1.165) is 71.7 Å². The van der Waals surface area contributed by atoms with Crippen molar-refractivity contribution in [2.75, 3.05) is 56.6 Å². The lowest BCUT2D eigenvalue weighted by Crippen LogP contribution is -2.39. The molecule has 10 heteroatoms. The highest BCUT2D eigenvalue weighted by Crippen LogP contribution is 2.37. The minimum absolute atomic E-state index is 0.0127. The topological polar surface area (TPSA) is 116 Å². The van der Waals surface area contributed by atoms with Crippen LogP contribution in [0, 0.1) is 12.8 Å². The molecular formula is C24H32N6O3S. The van der Waals surface area contributed by atoms with Crippen molar-refractivity contribution in [1.29, 1.82) is 0 Å². The van der Waals surface area contributed by atoms with Gasteiger partial charge < -0.3 is 25.6 Å². The van der Waals surface area contributed by atoms with E-state index < -0.39 is 6.10 Å². The summed E-state index contributed by atoms with van der Waals surface area (Å²) >= 11 is 1.63. The number of morpholine rings is 1. The third-order valence-electron chi connectivity index (χ3n) is 6.65. The summed E-state index contributed by atoms with van der Waals surface area (Å²) in [6.45, 7) is 7.07. The lowest BCUT2D eigenvalue weighted by molar-refractivity contribution is 0.0398. The first-order valence-corrected chi connectivity index (χ1v) is 12.8. The molecule has 3 aromatic rings. The van der Waals surface area contributed by atoms with Crippen molar-refractivity contribution in [2.24, 2.45) is 5.92 Å². The Morgan fingerprint density at radius 1 is 1.15 bits per heavy atom. The van der Waals surface area contributed by atoms with Crippen molar-refractivity contribution in [3.05, 3.63) is 30.0 Å². The van der Waals surface area contributed by atoms with Crippen LogP contribution in [0.3, 0.4) is 0 Å². The number of aryl methyl sites for hydroxylation is 1. The highest BCUT2D eigenvalue weighted by atomic mass is 32.1. The van der Waals surface area contributed by atoms with Crippen LogP contribution in [0.25, 0.3) is 20.8 Å². The van der Waals surface area contributed by atoms with Gasteiger partial charge in [0.1, 0.15) is 10.8 Å². The van der Waals surface area contributed by atoms with E-state index in [1.807, 2.05) is 25.1 Å². The molecule has 0 radical (unpaired) electrons. The number of rotatable bonds is 8. The Hall–Kier alpha value is -2.37. The summed E-state index contributed by atoms with van der Waals surface area (Å²) in [7, 11) is 0. The number of hydrogen-bond acceptors (Lipinski definition) is 10. The second-order valence-corrected chi connectivity index (χ2v) is 10.1. The molecule has 1 saturated heterocycles. The maximum Gasteiger partial charge on any atom is 0.224 e. The van der Waals surface area contributed by atoms with E-state index in [0.29, 0.717) is 18.8 Å². The summed E-state index contributed by atoms with van der Waals surface area (Å²) in [6.07, 6.45) is 0.759. The van der Waals surface area contributed by atoms with Gasteiger partial charge in [0.2, 0.25) is 5.95 Å². The van der Waals surface area contributed by atoms with Gasteiger partial charge in [0.25, 0.3) is 0 Å². The number of nitrogens with zero attached hydrogens (tertiary/aromatic N) is 4. The number of benzene rings is 1. The van der Waals surface area contributed by atoms with Crippen LogP contribution in [0.4, 0.5) is 11.8 Å². The van der Waals surface area contributed by atoms with E-state index in [-0.39, 0.29) is 18.6 Å². The molecule has 5 rings (SSSR count). The summed E-state index contributed by atoms with van der Waals surface area (Å²) < 4.78 is 6.54. The smallest absolute Gasteiger partial charge is 0.224 e. The van der Waals surface area contributed by atoms with E-state index in [1.165, 1.54) is 0 Å². The van der Waals surface area contributed by atoms with Crippen LogP contribution in [-0.4, -0.2) is 88.2 Å². The maximum atomic E-state index is 10.3. The van der Waals surface area contributed by atoms with E-state index in [9.17, 15) is 10.2 Å². The van der Waals surface area contributed by atoms with Crippen LogP contribution >= 0.6 is 11.3 Å². The number of aliphatic hydroxyl groups excluding tert-OH is 2. The number of anilines is 2. The fourth-order valence-corrected chi connectivity index (χ4v) is 5.82. The maximum absolute atomic E-state index is 10.3. The largest absolute Gasteiger partial charge is 0.396 e. The van der Waals surface area contributed by atoms with Crippen molar-refractivity contribution in [2.45, 2.75) is 31.9 Å². The van der Waals surface area contributed by atoms with E-state index in [4.69, 9.17) is 19.7 Å². The Kier molecular flexibility index (Phi) is 7.21. The number of nitrogens with one attached hydrogen (secondary N) is 2. The number of thiazole rings is 1. The number of hydrogen-bond donors (Lipinski definition) is 4. The number of aromatic nitrogens is 3. The zero-order valence-corrected chi connectivity index (χ0v) is 20.2. The van der Waals surface area contributed by atoms with Crippen LogP contribution in [0.15, 0.2) is 24.3 Å². The molecule has 0 spiro atoms. The van der Waals surface area contributed by atoms with Gasteiger partial charge in [0.15, 0.2) is 0 Å². The van der Waals surface area contributed by atoms with E-state index in [2.05, 4.69) is 21.6 Å². The van der Waals surface area contributed by atoms with Gasteiger partial charge >= 0.3 is 0 Å². The fourth-order valence-electron chi connectivity index (χ4n) is 4.75. The highest BCUT2D eigenvalue weighted by molar-refractivity contribution is 7.21. The third-order valence-corrected chi connectivity index (χ3v) is 7.70. The van der Waals surface area contributed by atoms with Crippen molar-refractivity contribution in [3.8, 4) is 10.6 Å². The predicted octanol–water partition coefficient (Wildman–Crippen LogP) is 2.35. The van der Waals surface area contributed by atoms with Crippen molar-refractivity contribution in [1.82, 2.24) is 19.9 Å². The average Bonchev–Trinajstić information content (AvgIpc) is 3.42. The minimum atomic E-state index is -0.512. The van der Waals surface area contributed by atoms with Crippen molar-refractivity contribution in [3.63, 3.8) is 0 Å². The van der Waals surface area contributed by atoms with E-state index in [1.54, 1.807) is 11.3 Å². The number of ether oxygens (including phenoxy) is 1. The second-order valence-electron chi connectivity index (χ2n) is 9.05. The lowest BCUT2D eigenvalue weighted by Gasteiger charge is -2.26. The Morgan fingerprint density at radius 2 is 1.97 bits per heavy atom. The predicted molar refractivity (Wildman–Crippen MR) is 134 cm³/mol. The average molecular weight is 485 g/mol. The van der Waals surface area contributed by atoms with Gasteiger partial charge in [-0.2, -0.15) is 4.98 Å². The summed E-state index contributed by atoms with van der Waals surface area (Å²) in [4.78, 5) is 16.8. The molecule has 1 saturated carbocycles. The third kappa shape index (κ3) is 5.16. The SMILES string of the molecule is Cc1nc(NCCN2CCOCC2)nc(N[C@@H]2C[C@H](CO)[C@@H](O)C2)c1-c1nc2ccccc2s1. The van der Waals surface area contributed by atoms with Gasteiger partial charge in [-0.1, -0.05) is 12.1 Å². The molecule has 9 nitrogen and oxygen atoms in total. The lowest BCUT2D eigenvalue weighted by atomic mass is 10.1. The molecule has 3 atom stereocenters. The Labute approximate surface area is 203 Å². The molecule has 2 aromatic heterocycles. The molecule has 1 aliphatic carbocycles. The molecule has 4 N–H and O–H groups in total. The molecule has 2 fully saturated rings. The summed E-state index contributed by atoms with van der Waals surface area (Å²) in [6, 6.07) is 8.12. The van der Waals surface area contributed by atoms with Gasteiger partial charge in [-0.25, -0.2) is 9.97 Å². The van der Waals surface area contributed by atoms with Crippen LogP contribution in [-0.2, 0) is 4.74 Å². The first kappa shape index (κ1) is 23.4. The van der Waals surface area contributed by atoms with Crippen LogP contribution in [0.5, 0.6) is 0 Å². The molecule has 182 valence electrons. The standard InChI is InChI=1S/C24H32N6O3S/c1-15-21(23-28-18-4-2-3-5-20(18)34-23)22(27-17-12-16(14-31)19(32)13-17)29-24(26-15)25-6-7-30-8-10-33-11-9-30/h2-5,16-17,19,31-32H,6-14H2,1H3,(H2,25,26,27,29)/t16-,17-,19+/m1/s1. The van der Waals surface area contributed by atoms with Crippen LogP contribution < -0.4 is 10.6 Å². The molecule has 3 heterocycles. The highest BCUT2D eigenvalue weighted by Gasteiger charge is 2.33. The van der Waals surface area contributed by atoms with Crippen molar-refractivity contribution >= 4 is 33.3 Å². The first-order chi connectivity index (χ1) is 16.6. The fraction of sp³-hybridized carbons (Fsp3) is 0.542. The molecule has 2 aliphatic rings. The van der Waals surface area contributed by atoms with Gasteiger partial charge in [-0.05, 0) is 31.9 Å². The summed E-state index contributed by atoms with van der Waals surface area (Å²) in [5, 5.41) is 27.7. The molecular weight excluding hydrogens is 452 g/mol. The first-order valence-electron chi connectivity index (χ1n) is 11.9. The molecule has 1 aliphatic heterocycles. The Balaban J connectivity index is 1.41. The van der Waals surface area contributed by atoms with E-state index >= 15 is 0 Å². The number of para-hydroxylation sites is 1. The van der Waals surface area contributed by atoms with Crippen molar-refractivity contribution < 1.29 is 14.9 Å². The summed E-state index contributed by atoms with van der Waals surface area (Å²) in [5.74, 6) is 1.18. The van der Waals surface area contributed by atoms with Crippen LogP contribution in [0.2, 0.25) is 0 Å². The molecule has 34 heavy (non-hydrogen) atoms. The Morgan fingerprint density at radius 3 is 2.74 bits per heavy atom. The van der Waals surface area contributed by atoms with Gasteiger partial charge in [-0.3, -0.25) is 4.90 Å². The molecule has 0 unspecified atom stereocenters. The van der Waals surface area contributed by atoms with Gasteiger partial charge in [-0.15, -0.1) is 11.3 Å². The molecule has 0 bridgehead atoms. The Bertz CT molecular complexity index is 1090. The number of aliphatic hydroxyl groups is 2. The molecule has 1 aromatic carbocycles. The zero-order chi connectivity index (χ0) is 23.5. The minimum Gasteiger partial charge on any atom is -0.396 e. The second kappa shape index (κ2) is 10.5. The normalized spacial score (nSPS) is 23.4. The molecule has 0 amide bonds. The summed E-state index contributed by atoms with van der Waals surface area (Å²) in [5.41, 5.74) is 2.70. The van der Waals surface area contributed by atoms with Gasteiger partial charge in [0.05, 0.1) is 40.8 Å². The van der Waals surface area contributed by atoms with Crippen LogP contribution in [0.1, 0.15) is 18.5 Å². The monoisotopic (exact) mass is 484 g/mol. The zero-order valence-electron chi connectivity index (χ0n) is 19.4. The van der Waals surface area contributed by atoms with Gasteiger partial charge in [0, 0.05) is 44.7 Å². The number of fused-ring (bicyclic) bond motifs is 1.